The molecule has 0 saturated heterocycles. The number of hydrogen-bond donors (Lipinski definition) is 2. The lowest BCUT2D eigenvalue weighted by atomic mass is 10.2. The van der Waals surface area contributed by atoms with Crippen LogP contribution in [0.5, 0.6) is 11.5 Å². The molecular formula is C20H18N2O4S. The van der Waals surface area contributed by atoms with Gasteiger partial charge in [0.25, 0.3) is 5.91 Å². The number of sulfonamides is 1. The lowest BCUT2D eigenvalue weighted by molar-refractivity contribution is 0.102. The van der Waals surface area contributed by atoms with Gasteiger partial charge in [-0.1, -0.05) is 30.3 Å². The number of carbonyl (C=O) groups excluding carboxylic acids is 1. The fourth-order valence-corrected chi connectivity index (χ4v) is 2.96. The standard InChI is InChI=1S/C20H18N2O4S/c1-27(24,25)22-17-9-5-7-15(13-17)20(23)21-16-8-6-12-19(14-16)26-18-10-3-2-4-11-18/h2-14,22H,1H3,(H,21,23). The Kier molecular flexibility index (Phi) is 5.42. The summed E-state index contributed by atoms with van der Waals surface area (Å²) < 4.78 is 30.8. The van der Waals surface area contributed by atoms with Crippen molar-refractivity contribution in [1.82, 2.24) is 0 Å². The second-order valence-electron chi connectivity index (χ2n) is 5.85. The van der Waals surface area contributed by atoms with E-state index in [1.807, 2.05) is 30.3 Å². The molecule has 3 rings (SSSR count). The van der Waals surface area contributed by atoms with Crippen molar-refractivity contribution in [2.24, 2.45) is 0 Å². The van der Waals surface area contributed by atoms with Crippen LogP contribution in [0.1, 0.15) is 10.4 Å². The van der Waals surface area contributed by atoms with Crippen LogP contribution in [-0.2, 0) is 10.0 Å². The Labute approximate surface area is 157 Å². The van der Waals surface area contributed by atoms with Crippen molar-refractivity contribution in [3.63, 3.8) is 0 Å². The Hall–Kier alpha value is -3.32. The van der Waals surface area contributed by atoms with E-state index >= 15 is 0 Å². The second kappa shape index (κ2) is 7.92. The summed E-state index contributed by atoms with van der Waals surface area (Å²) in [5, 5.41) is 2.78. The van der Waals surface area contributed by atoms with Crippen LogP contribution in [0.25, 0.3) is 0 Å². The van der Waals surface area contributed by atoms with Crippen molar-refractivity contribution < 1.29 is 17.9 Å². The van der Waals surface area contributed by atoms with Gasteiger partial charge in [0.2, 0.25) is 10.0 Å². The molecule has 1 amide bonds. The maximum atomic E-state index is 12.5. The first-order chi connectivity index (χ1) is 12.9. The molecule has 0 aliphatic rings. The van der Waals surface area contributed by atoms with Crippen LogP contribution in [0.15, 0.2) is 78.9 Å². The van der Waals surface area contributed by atoms with Gasteiger partial charge < -0.3 is 10.1 Å². The van der Waals surface area contributed by atoms with E-state index in [2.05, 4.69) is 10.0 Å². The molecule has 27 heavy (non-hydrogen) atoms. The minimum absolute atomic E-state index is 0.325. The smallest absolute Gasteiger partial charge is 0.255 e. The highest BCUT2D eigenvalue weighted by Gasteiger charge is 2.09. The first kappa shape index (κ1) is 18.5. The average Bonchev–Trinajstić information content (AvgIpc) is 2.62. The second-order valence-corrected chi connectivity index (χ2v) is 7.60. The SMILES string of the molecule is CS(=O)(=O)Nc1cccc(C(=O)Nc2cccc(Oc3ccccc3)c2)c1. The Morgan fingerprint density at radius 2 is 1.48 bits per heavy atom. The number of hydrogen-bond acceptors (Lipinski definition) is 4. The number of para-hydroxylation sites is 1. The Morgan fingerprint density at radius 1 is 0.815 bits per heavy atom. The van der Waals surface area contributed by atoms with Gasteiger partial charge in [-0.25, -0.2) is 8.42 Å². The van der Waals surface area contributed by atoms with Crippen molar-refractivity contribution >= 4 is 27.3 Å². The van der Waals surface area contributed by atoms with E-state index in [-0.39, 0.29) is 5.91 Å². The van der Waals surface area contributed by atoms with Crippen molar-refractivity contribution in [1.29, 1.82) is 0 Å². The van der Waals surface area contributed by atoms with Gasteiger partial charge in [-0.3, -0.25) is 9.52 Å². The zero-order valence-corrected chi connectivity index (χ0v) is 15.4. The molecule has 3 aromatic rings. The van der Waals surface area contributed by atoms with Crippen LogP contribution in [0, 0.1) is 0 Å². The van der Waals surface area contributed by atoms with E-state index in [0.717, 1.165) is 6.26 Å². The molecular weight excluding hydrogens is 364 g/mol. The van der Waals surface area contributed by atoms with Gasteiger partial charge in [0.15, 0.2) is 0 Å². The quantitative estimate of drug-likeness (QED) is 0.672. The molecule has 0 radical (unpaired) electrons. The summed E-state index contributed by atoms with van der Waals surface area (Å²) >= 11 is 0. The monoisotopic (exact) mass is 382 g/mol. The van der Waals surface area contributed by atoms with Crippen molar-refractivity contribution in [3.8, 4) is 11.5 Å². The van der Waals surface area contributed by atoms with E-state index in [1.54, 1.807) is 42.5 Å². The van der Waals surface area contributed by atoms with E-state index in [4.69, 9.17) is 4.74 Å². The summed E-state index contributed by atoms with van der Waals surface area (Å²) in [5.41, 5.74) is 1.22. The summed E-state index contributed by atoms with van der Waals surface area (Å²) in [4.78, 5) is 12.5. The van der Waals surface area contributed by atoms with Crippen LogP contribution >= 0.6 is 0 Å². The predicted octanol–water partition coefficient (Wildman–Crippen LogP) is 4.10. The molecule has 0 aromatic heterocycles. The molecule has 0 bridgehead atoms. The van der Waals surface area contributed by atoms with Crippen molar-refractivity contribution in [2.75, 3.05) is 16.3 Å². The summed E-state index contributed by atoms with van der Waals surface area (Å²) in [6, 6.07) is 22.6. The molecule has 0 atom stereocenters. The Morgan fingerprint density at radius 3 is 2.22 bits per heavy atom. The third-order valence-corrected chi connectivity index (χ3v) is 4.11. The average molecular weight is 382 g/mol. The zero-order valence-electron chi connectivity index (χ0n) is 14.5. The molecule has 2 N–H and O–H groups in total. The molecule has 0 spiro atoms. The fraction of sp³-hybridized carbons (Fsp3) is 0.0500. The summed E-state index contributed by atoms with van der Waals surface area (Å²) in [6.45, 7) is 0. The Bertz CT molecular complexity index is 1050. The summed E-state index contributed by atoms with van der Waals surface area (Å²) in [6.07, 6.45) is 1.05. The highest BCUT2D eigenvalue weighted by atomic mass is 32.2. The minimum atomic E-state index is -3.41. The first-order valence-corrected chi connectivity index (χ1v) is 10.0. The van der Waals surface area contributed by atoms with Crippen LogP contribution in [-0.4, -0.2) is 20.6 Å². The molecule has 0 unspecified atom stereocenters. The van der Waals surface area contributed by atoms with Crippen LogP contribution < -0.4 is 14.8 Å². The van der Waals surface area contributed by atoms with Gasteiger partial charge in [-0.2, -0.15) is 0 Å². The van der Waals surface area contributed by atoms with Gasteiger partial charge in [0.05, 0.1) is 6.26 Å². The fourth-order valence-electron chi connectivity index (χ4n) is 2.40. The third-order valence-electron chi connectivity index (χ3n) is 3.50. The van der Waals surface area contributed by atoms with Crippen LogP contribution in [0.3, 0.4) is 0 Å². The number of anilines is 2. The van der Waals surface area contributed by atoms with E-state index < -0.39 is 10.0 Å². The van der Waals surface area contributed by atoms with Crippen LogP contribution in [0.4, 0.5) is 11.4 Å². The molecule has 0 fully saturated rings. The molecule has 6 nitrogen and oxygen atoms in total. The highest BCUT2D eigenvalue weighted by molar-refractivity contribution is 7.92. The number of benzene rings is 3. The number of ether oxygens (including phenoxy) is 1. The topological polar surface area (TPSA) is 84.5 Å². The molecule has 0 saturated carbocycles. The van der Waals surface area contributed by atoms with E-state index in [9.17, 15) is 13.2 Å². The predicted molar refractivity (Wildman–Crippen MR) is 106 cm³/mol. The summed E-state index contributed by atoms with van der Waals surface area (Å²) in [7, 11) is -3.41. The maximum Gasteiger partial charge on any atom is 0.255 e. The number of rotatable bonds is 6. The highest BCUT2D eigenvalue weighted by Crippen LogP contribution is 2.24. The first-order valence-electron chi connectivity index (χ1n) is 8.11. The van der Waals surface area contributed by atoms with Crippen LogP contribution in [0.2, 0.25) is 0 Å². The van der Waals surface area contributed by atoms with Gasteiger partial charge in [0.1, 0.15) is 11.5 Å². The molecule has 0 aliphatic heterocycles. The Balaban J connectivity index is 1.73. The lowest BCUT2D eigenvalue weighted by Crippen LogP contribution is -2.13. The third kappa shape index (κ3) is 5.58. The molecule has 3 aromatic carbocycles. The number of amides is 1. The van der Waals surface area contributed by atoms with Crippen molar-refractivity contribution in [3.05, 3.63) is 84.4 Å². The minimum Gasteiger partial charge on any atom is -0.457 e. The number of carbonyl (C=O) groups is 1. The van der Waals surface area contributed by atoms with Gasteiger partial charge in [-0.05, 0) is 42.5 Å². The number of nitrogens with one attached hydrogen (secondary N) is 2. The zero-order chi connectivity index (χ0) is 19.3. The largest absolute Gasteiger partial charge is 0.457 e. The lowest BCUT2D eigenvalue weighted by Gasteiger charge is -2.10. The van der Waals surface area contributed by atoms with E-state index in [1.165, 1.54) is 6.07 Å². The van der Waals surface area contributed by atoms with Gasteiger partial charge >= 0.3 is 0 Å². The molecule has 0 aliphatic carbocycles. The molecule has 138 valence electrons. The van der Waals surface area contributed by atoms with Crippen molar-refractivity contribution in [2.45, 2.75) is 0 Å². The van der Waals surface area contributed by atoms with Gasteiger partial charge in [-0.15, -0.1) is 0 Å². The summed E-state index contributed by atoms with van der Waals surface area (Å²) in [5.74, 6) is 0.927. The molecule has 0 heterocycles. The van der Waals surface area contributed by atoms with Gasteiger partial charge in [0, 0.05) is 23.0 Å². The normalized spacial score (nSPS) is 10.9. The van der Waals surface area contributed by atoms with E-state index in [0.29, 0.717) is 28.4 Å². The maximum absolute atomic E-state index is 12.5. The molecule has 7 heteroatoms.